The van der Waals surface area contributed by atoms with E-state index in [1.54, 1.807) is 19.1 Å². The molecule has 2 amide bonds. The summed E-state index contributed by atoms with van der Waals surface area (Å²) in [6, 6.07) is 4.69. The molecule has 1 aromatic carbocycles. The van der Waals surface area contributed by atoms with Crippen LogP contribution in [0.2, 0.25) is 0 Å². The van der Waals surface area contributed by atoms with Gasteiger partial charge in [0.05, 0.1) is 0 Å². The van der Waals surface area contributed by atoms with Crippen LogP contribution in [0.25, 0.3) is 0 Å². The van der Waals surface area contributed by atoms with Crippen LogP contribution in [0.1, 0.15) is 51.0 Å². The summed E-state index contributed by atoms with van der Waals surface area (Å²) in [6.45, 7) is 3.86. The van der Waals surface area contributed by atoms with Crippen molar-refractivity contribution < 1.29 is 14.7 Å². The molecule has 1 atom stereocenters. The fourth-order valence-corrected chi connectivity index (χ4v) is 6.09. The minimum atomic E-state index is -0.643. The highest BCUT2D eigenvalue weighted by molar-refractivity contribution is 6.39. The first kappa shape index (κ1) is 17.4. The van der Waals surface area contributed by atoms with Crippen molar-refractivity contribution in [3.63, 3.8) is 0 Å². The molecule has 0 aliphatic heterocycles. The van der Waals surface area contributed by atoms with Gasteiger partial charge >= 0.3 is 11.8 Å². The normalized spacial score (nSPS) is 32.9. The number of hydrogen-bond acceptors (Lipinski definition) is 3. The lowest BCUT2D eigenvalue weighted by Gasteiger charge is -2.59. The number of phenolic OH excluding ortho intramolecular Hbond substituents is 1. The van der Waals surface area contributed by atoms with Gasteiger partial charge in [-0.3, -0.25) is 9.59 Å². The molecule has 1 unspecified atom stereocenters. The molecule has 26 heavy (non-hydrogen) atoms. The van der Waals surface area contributed by atoms with E-state index in [0.717, 1.165) is 23.3 Å². The van der Waals surface area contributed by atoms with Crippen LogP contribution in [-0.4, -0.2) is 23.0 Å². The summed E-state index contributed by atoms with van der Waals surface area (Å²) in [7, 11) is 0. The van der Waals surface area contributed by atoms with Crippen molar-refractivity contribution in [1.82, 2.24) is 5.32 Å². The highest BCUT2D eigenvalue weighted by Gasteiger charge is 2.53. The Morgan fingerprint density at radius 3 is 2.19 bits per heavy atom. The van der Waals surface area contributed by atoms with Crippen LogP contribution < -0.4 is 10.6 Å². The Kier molecular flexibility index (Phi) is 4.20. The van der Waals surface area contributed by atoms with E-state index in [9.17, 15) is 14.7 Å². The largest absolute Gasteiger partial charge is 0.508 e. The molecule has 0 heterocycles. The molecular formula is C21H28N2O3. The molecule has 5 heteroatoms. The maximum atomic E-state index is 12.5. The van der Waals surface area contributed by atoms with Gasteiger partial charge in [0, 0.05) is 11.7 Å². The molecule has 0 saturated heterocycles. The van der Waals surface area contributed by atoms with Gasteiger partial charge in [-0.25, -0.2) is 0 Å². The van der Waals surface area contributed by atoms with E-state index in [-0.39, 0.29) is 17.2 Å². The molecule has 4 aliphatic carbocycles. The van der Waals surface area contributed by atoms with Crippen molar-refractivity contribution in [2.75, 3.05) is 5.32 Å². The van der Waals surface area contributed by atoms with Crippen LogP contribution in [0.3, 0.4) is 0 Å². The van der Waals surface area contributed by atoms with Crippen LogP contribution in [0.4, 0.5) is 5.69 Å². The van der Waals surface area contributed by atoms with Crippen LogP contribution in [0.5, 0.6) is 5.75 Å². The zero-order chi connectivity index (χ0) is 18.5. The summed E-state index contributed by atoms with van der Waals surface area (Å²) >= 11 is 0. The molecule has 0 aromatic heterocycles. The summed E-state index contributed by atoms with van der Waals surface area (Å²) in [6.07, 6.45) is 7.67. The molecule has 3 N–H and O–H groups in total. The van der Waals surface area contributed by atoms with Crippen molar-refractivity contribution in [3.8, 4) is 5.75 Å². The highest BCUT2D eigenvalue weighted by atomic mass is 16.3. The monoisotopic (exact) mass is 356 g/mol. The summed E-state index contributed by atoms with van der Waals surface area (Å²) < 4.78 is 0. The number of nitrogens with one attached hydrogen (secondary N) is 2. The zero-order valence-electron chi connectivity index (χ0n) is 15.5. The highest BCUT2D eigenvalue weighted by Crippen LogP contribution is 2.61. The number of benzene rings is 1. The fourth-order valence-electron chi connectivity index (χ4n) is 6.09. The first-order chi connectivity index (χ1) is 12.3. The van der Waals surface area contributed by atoms with Crippen LogP contribution in [-0.2, 0) is 9.59 Å². The van der Waals surface area contributed by atoms with Crippen LogP contribution in [0, 0.1) is 30.1 Å². The Morgan fingerprint density at radius 2 is 1.65 bits per heavy atom. The molecule has 4 fully saturated rings. The Hall–Kier alpha value is -2.04. The fraction of sp³-hybridized carbons (Fsp3) is 0.619. The first-order valence-corrected chi connectivity index (χ1v) is 9.76. The van der Waals surface area contributed by atoms with Gasteiger partial charge in [-0.1, -0.05) is 0 Å². The molecule has 5 rings (SSSR count). The smallest absolute Gasteiger partial charge is 0.313 e. The van der Waals surface area contributed by atoms with Gasteiger partial charge in [0.2, 0.25) is 0 Å². The molecule has 1 aromatic rings. The molecule has 140 valence electrons. The van der Waals surface area contributed by atoms with Crippen molar-refractivity contribution in [1.29, 1.82) is 0 Å². The molecule has 0 radical (unpaired) electrons. The van der Waals surface area contributed by atoms with Crippen molar-refractivity contribution in [2.45, 2.75) is 58.4 Å². The molecule has 5 nitrogen and oxygen atoms in total. The number of anilines is 1. The maximum absolute atomic E-state index is 12.5. The van der Waals surface area contributed by atoms with Gasteiger partial charge < -0.3 is 15.7 Å². The Balaban J connectivity index is 1.40. The van der Waals surface area contributed by atoms with Crippen LogP contribution in [0.15, 0.2) is 18.2 Å². The lowest BCUT2D eigenvalue weighted by Crippen LogP contribution is -2.57. The van der Waals surface area contributed by atoms with E-state index >= 15 is 0 Å². The predicted octanol–water partition coefficient (Wildman–Crippen LogP) is 3.36. The number of aromatic hydroxyl groups is 1. The van der Waals surface area contributed by atoms with Gasteiger partial charge in [-0.2, -0.15) is 0 Å². The van der Waals surface area contributed by atoms with Gasteiger partial charge in [-0.05, 0) is 99.3 Å². The predicted molar refractivity (Wildman–Crippen MR) is 99.7 cm³/mol. The third kappa shape index (κ3) is 3.08. The Bertz CT molecular complexity index is 707. The van der Waals surface area contributed by atoms with Crippen molar-refractivity contribution in [3.05, 3.63) is 23.8 Å². The standard InChI is InChI=1S/C21H28N2O3/c1-12-5-17(24)3-4-18(12)23-20(26)19(25)22-13(2)21-9-14-6-15(10-21)8-16(7-14)11-21/h3-5,13-16,24H,6-11H2,1-2H3,(H,22,25)(H,23,26). The number of carbonyl (C=O) groups is 2. The van der Waals surface area contributed by atoms with Gasteiger partial charge in [0.1, 0.15) is 5.75 Å². The van der Waals surface area contributed by atoms with E-state index < -0.39 is 11.8 Å². The SMILES string of the molecule is Cc1cc(O)ccc1NC(=O)C(=O)NC(C)C12CC3CC(CC(C3)C1)C2. The van der Waals surface area contributed by atoms with E-state index in [1.165, 1.54) is 44.6 Å². The van der Waals surface area contributed by atoms with E-state index in [1.807, 2.05) is 0 Å². The zero-order valence-corrected chi connectivity index (χ0v) is 15.5. The summed E-state index contributed by atoms with van der Waals surface area (Å²) in [4.78, 5) is 24.8. The second kappa shape index (κ2) is 6.29. The number of phenols is 1. The van der Waals surface area contributed by atoms with Crippen molar-refractivity contribution in [2.24, 2.45) is 23.2 Å². The van der Waals surface area contributed by atoms with Crippen molar-refractivity contribution >= 4 is 17.5 Å². The number of hydrogen-bond donors (Lipinski definition) is 3. The molecule has 4 saturated carbocycles. The van der Waals surface area contributed by atoms with Crippen LogP contribution >= 0.6 is 0 Å². The molecular weight excluding hydrogens is 328 g/mol. The van der Waals surface area contributed by atoms with Gasteiger partial charge in [-0.15, -0.1) is 0 Å². The summed E-state index contributed by atoms with van der Waals surface area (Å²) in [5.41, 5.74) is 1.45. The average Bonchev–Trinajstić information content (AvgIpc) is 2.56. The topological polar surface area (TPSA) is 78.4 Å². The number of rotatable bonds is 3. The number of amides is 2. The quantitative estimate of drug-likeness (QED) is 0.574. The minimum Gasteiger partial charge on any atom is -0.508 e. The number of aryl methyl sites for hydroxylation is 1. The maximum Gasteiger partial charge on any atom is 0.313 e. The minimum absolute atomic E-state index is 0.0232. The molecule has 4 aliphatic rings. The average molecular weight is 356 g/mol. The Morgan fingerprint density at radius 1 is 1.08 bits per heavy atom. The van der Waals surface area contributed by atoms with E-state index in [2.05, 4.69) is 17.6 Å². The van der Waals surface area contributed by atoms with Gasteiger partial charge in [0.15, 0.2) is 0 Å². The molecule has 4 bridgehead atoms. The van der Waals surface area contributed by atoms with E-state index in [4.69, 9.17) is 0 Å². The summed E-state index contributed by atoms with van der Waals surface area (Å²) in [5, 5.41) is 15.1. The van der Waals surface area contributed by atoms with E-state index in [0.29, 0.717) is 5.69 Å². The summed E-state index contributed by atoms with van der Waals surface area (Å²) in [5.74, 6) is 1.37. The Labute approximate surface area is 154 Å². The lowest BCUT2D eigenvalue weighted by molar-refractivity contribution is -0.138. The molecule has 0 spiro atoms. The first-order valence-electron chi connectivity index (χ1n) is 9.76. The second-order valence-corrected chi connectivity index (χ2v) is 8.93. The number of carbonyl (C=O) groups excluding carboxylic acids is 2. The second-order valence-electron chi connectivity index (χ2n) is 8.93. The lowest BCUT2D eigenvalue weighted by atomic mass is 9.48. The third-order valence-corrected chi connectivity index (χ3v) is 7.02. The third-order valence-electron chi connectivity index (χ3n) is 7.02. The van der Waals surface area contributed by atoms with Gasteiger partial charge in [0.25, 0.3) is 0 Å².